The first-order chi connectivity index (χ1) is 10.6. The summed E-state index contributed by atoms with van der Waals surface area (Å²) in [6.45, 7) is 5.94. The van der Waals surface area contributed by atoms with Gasteiger partial charge in [0.2, 0.25) is 11.9 Å². The minimum atomic E-state index is 0.0432. The summed E-state index contributed by atoms with van der Waals surface area (Å²) in [6, 6.07) is 9.49. The van der Waals surface area contributed by atoms with Crippen LogP contribution in [0.1, 0.15) is 37.6 Å². The van der Waals surface area contributed by atoms with Gasteiger partial charge in [0.25, 0.3) is 0 Å². The fourth-order valence-corrected chi connectivity index (χ4v) is 2.15. The Morgan fingerprint density at radius 1 is 1.09 bits per heavy atom. The van der Waals surface area contributed by atoms with Crippen LogP contribution in [-0.4, -0.2) is 15.9 Å². The molecule has 0 saturated heterocycles. The molecular formula is C17H22N4O. The molecule has 2 aromatic rings. The average molecular weight is 298 g/mol. The summed E-state index contributed by atoms with van der Waals surface area (Å²) in [6.07, 6.45) is 2.47. The minimum Gasteiger partial charge on any atom is -0.326 e. The van der Waals surface area contributed by atoms with Crippen LogP contribution in [0.15, 0.2) is 30.3 Å². The van der Waals surface area contributed by atoms with Crippen molar-refractivity contribution in [3.63, 3.8) is 0 Å². The van der Waals surface area contributed by atoms with Gasteiger partial charge in [0.05, 0.1) is 0 Å². The quantitative estimate of drug-likeness (QED) is 0.847. The van der Waals surface area contributed by atoms with E-state index in [-0.39, 0.29) is 5.91 Å². The highest BCUT2D eigenvalue weighted by molar-refractivity contribution is 5.91. The van der Waals surface area contributed by atoms with Gasteiger partial charge in [0.1, 0.15) is 0 Å². The molecule has 0 bridgehead atoms. The van der Waals surface area contributed by atoms with Gasteiger partial charge in [-0.3, -0.25) is 4.79 Å². The number of unbranched alkanes of at least 4 members (excludes halogenated alkanes) is 1. The number of benzene rings is 1. The van der Waals surface area contributed by atoms with Gasteiger partial charge in [-0.25, -0.2) is 9.97 Å². The van der Waals surface area contributed by atoms with Crippen LogP contribution >= 0.6 is 0 Å². The minimum absolute atomic E-state index is 0.0432. The number of hydrogen-bond acceptors (Lipinski definition) is 4. The summed E-state index contributed by atoms with van der Waals surface area (Å²) in [5.41, 5.74) is 3.45. The van der Waals surface area contributed by atoms with Crippen LogP contribution in [0.5, 0.6) is 0 Å². The molecule has 1 aromatic carbocycles. The molecule has 0 spiro atoms. The highest BCUT2D eigenvalue weighted by Crippen LogP contribution is 2.19. The van der Waals surface area contributed by atoms with Crippen LogP contribution in [0.2, 0.25) is 0 Å². The molecule has 0 aliphatic heterocycles. The number of aromatic nitrogens is 2. The lowest BCUT2D eigenvalue weighted by Crippen LogP contribution is -2.11. The summed E-state index contributed by atoms with van der Waals surface area (Å²) in [5.74, 6) is 0.605. The number of amides is 1. The maximum Gasteiger partial charge on any atom is 0.227 e. The van der Waals surface area contributed by atoms with Gasteiger partial charge in [0, 0.05) is 29.2 Å². The Hall–Kier alpha value is -2.43. The molecule has 0 aliphatic carbocycles. The van der Waals surface area contributed by atoms with Crippen molar-refractivity contribution in [2.24, 2.45) is 0 Å². The zero-order valence-corrected chi connectivity index (χ0v) is 13.3. The number of carbonyl (C=O) groups is 1. The fourth-order valence-electron chi connectivity index (χ4n) is 2.15. The van der Waals surface area contributed by atoms with Crippen molar-refractivity contribution < 1.29 is 4.79 Å². The predicted octanol–water partition coefficient (Wildman–Crippen LogP) is 3.97. The average Bonchev–Trinajstić information content (AvgIpc) is 2.44. The van der Waals surface area contributed by atoms with Crippen molar-refractivity contribution in [2.75, 3.05) is 10.6 Å². The molecule has 0 atom stereocenters. The molecule has 0 aliphatic rings. The van der Waals surface area contributed by atoms with Gasteiger partial charge in [-0.2, -0.15) is 0 Å². The Labute approximate surface area is 131 Å². The third kappa shape index (κ3) is 4.84. The molecule has 0 radical (unpaired) electrons. The van der Waals surface area contributed by atoms with Gasteiger partial charge >= 0.3 is 0 Å². The van der Waals surface area contributed by atoms with Crippen molar-refractivity contribution >= 4 is 23.2 Å². The number of carbonyl (C=O) groups excluding carboxylic acids is 1. The van der Waals surface area contributed by atoms with Gasteiger partial charge in [-0.05, 0) is 44.5 Å². The molecule has 0 fully saturated rings. The van der Waals surface area contributed by atoms with E-state index in [1.54, 1.807) is 0 Å². The van der Waals surface area contributed by atoms with E-state index in [9.17, 15) is 4.79 Å². The molecule has 5 heteroatoms. The second kappa shape index (κ2) is 7.54. The van der Waals surface area contributed by atoms with Crippen LogP contribution < -0.4 is 10.6 Å². The van der Waals surface area contributed by atoms with E-state index >= 15 is 0 Å². The summed E-state index contributed by atoms with van der Waals surface area (Å²) in [7, 11) is 0. The topological polar surface area (TPSA) is 66.9 Å². The number of nitrogens with zero attached hydrogens (tertiary/aromatic N) is 2. The van der Waals surface area contributed by atoms with Gasteiger partial charge in [-0.15, -0.1) is 0 Å². The molecule has 2 rings (SSSR count). The van der Waals surface area contributed by atoms with Crippen molar-refractivity contribution in [1.82, 2.24) is 9.97 Å². The molecule has 0 unspecified atom stereocenters. The SMILES string of the molecule is CCCCC(=O)Nc1cccc(Nc2nc(C)cc(C)n2)c1. The molecule has 1 heterocycles. The lowest BCUT2D eigenvalue weighted by molar-refractivity contribution is -0.116. The molecule has 1 amide bonds. The smallest absolute Gasteiger partial charge is 0.227 e. The van der Waals surface area contributed by atoms with Crippen LogP contribution in [0.3, 0.4) is 0 Å². The Bertz CT molecular complexity index is 635. The zero-order valence-electron chi connectivity index (χ0n) is 13.3. The highest BCUT2D eigenvalue weighted by atomic mass is 16.1. The van der Waals surface area contributed by atoms with Crippen LogP contribution in [0.4, 0.5) is 17.3 Å². The second-order valence-corrected chi connectivity index (χ2v) is 5.33. The number of rotatable bonds is 6. The third-order valence-electron chi connectivity index (χ3n) is 3.14. The first kappa shape index (κ1) is 15.9. The lowest BCUT2D eigenvalue weighted by Gasteiger charge is -2.09. The van der Waals surface area contributed by atoms with Crippen molar-refractivity contribution in [3.05, 3.63) is 41.7 Å². The molecule has 2 N–H and O–H groups in total. The molecule has 116 valence electrons. The van der Waals surface area contributed by atoms with E-state index in [0.717, 1.165) is 35.6 Å². The van der Waals surface area contributed by atoms with Gasteiger partial charge < -0.3 is 10.6 Å². The van der Waals surface area contributed by atoms with E-state index < -0.39 is 0 Å². The molecule has 22 heavy (non-hydrogen) atoms. The van der Waals surface area contributed by atoms with Crippen LogP contribution in [-0.2, 0) is 4.79 Å². The van der Waals surface area contributed by atoms with Crippen molar-refractivity contribution in [2.45, 2.75) is 40.0 Å². The third-order valence-corrected chi connectivity index (χ3v) is 3.14. The largest absolute Gasteiger partial charge is 0.326 e. The highest BCUT2D eigenvalue weighted by Gasteiger charge is 2.04. The van der Waals surface area contributed by atoms with E-state index in [4.69, 9.17) is 0 Å². The normalized spacial score (nSPS) is 10.3. The maximum atomic E-state index is 11.8. The first-order valence-electron chi connectivity index (χ1n) is 7.56. The Morgan fingerprint density at radius 3 is 2.45 bits per heavy atom. The Kier molecular flexibility index (Phi) is 5.47. The van der Waals surface area contributed by atoms with Crippen LogP contribution in [0.25, 0.3) is 0 Å². The molecule has 5 nitrogen and oxygen atoms in total. The summed E-state index contributed by atoms with van der Waals surface area (Å²) in [5, 5.41) is 6.07. The maximum absolute atomic E-state index is 11.8. The predicted molar refractivity (Wildman–Crippen MR) is 89.4 cm³/mol. The Morgan fingerprint density at radius 2 is 1.77 bits per heavy atom. The monoisotopic (exact) mass is 298 g/mol. The number of hydrogen-bond donors (Lipinski definition) is 2. The van der Waals surface area contributed by atoms with Crippen molar-refractivity contribution in [3.8, 4) is 0 Å². The zero-order chi connectivity index (χ0) is 15.9. The van der Waals surface area contributed by atoms with Gasteiger partial charge in [-0.1, -0.05) is 19.4 Å². The number of aryl methyl sites for hydroxylation is 2. The Balaban J connectivity index is 2.06. The molecule has 0 saturated carbocycles. The van der Waals surface area contributed by atoms with E-state index in [2.05, 4.69) is 27.5 Å². The second-order valence-electron chi connectivity index (χ2n) is 5.33. The van der Waals surface area contributed by atoms with Crippen molar-refractivity contribution in [1.29, 1.82) is 0 Å². The summed E-state index contributed by atoms with van der Waals surface area (Å²) in [4.78, 5) is 20.5. The molecular weight excluding hydrogens is 276 g/mol. The summed E-state index contributed by atoms with van der Waals surface area (Å²) >= 11 is 0. The number of anilines is 3. The van der Waals surface area contributed by atoms with Crippen LogP contribution in [0, 0.1) is 13.8 Å². The summed E-state index contributed by atoms with van der Waals surface area (Å²) < 4.78 is 0. The standard InChI is InChI=1S/C17H22N4O/c1-4-5-9-16(22)20-14-7-6-8-15(11-14)21-17-18-12(2)10-13(3)19-17/h6-8,10-11H,4-5,9H2,1-3H3,(H,20,22)(H,18,19,21). The van der Waals surface area contributed by atoms with Gasteiger partial charge in [0.15, 0.2) is 0 Å². The van der Waals surface area contributed by atoms with E-state index in [1.165, 1.54) is 0 Å². The number of nitrogens with one attached hydrogen (secondary N) is 2. The first-order valence-corrected chi connectivity index (χ1v) is 7.56. The van der Waals surface area contributed by atoms with E-state index in [0.29, 0.717) is 12.4 Å². The lowest BCUT2D eigenvalue weighted by atomic mass is 10.2. The molecule has 1 aromatic heterocycles. The van der Waals surface area contributed by atoms with E-state index in [1.807, 2.05) is 44.2 Å². The fraction of sp³-hybridized carbons (Fsp3) is 0.353.